The Balaban J connectivity index is 1.88. The summed E-state index contributed by atoms with van der Waals surface area (Å²) >= 11 is 0. The van der Waals surface area contributed by atoms with E-state index in [-0.39, 0.29) is 5.91 Å². The highest BCUT2D eigenvalue weighted by Gasteiger charge is 2.14. The van der Waals surface area contributed by atoms with Gasteiger partial charge in [0.2, 0.25) is 0 Å². The van der Waals surface area contributed by atoms with Crippen LogP contribution in [0.25, 0.3) is 0 Å². The second kappa shape index (κ2) is 6.75. The van der Waals surface area contributed by atoms with E-state index in [1.807, 2.05) is 61.5 Å². The molecule has 0 heterocycles. The first-order chi connectivity index (χ1) is 9.66. The molecule has 0 aliphatic rings. The maximum absolute atomic E-state index is 12.0. The molecule has 1 N–H and O–H groups in total. The van der Waals surface area contributed by atoms with Crippen LogP contribution in [-0.4, -0.2) is 12.0 Å². The topological polar surface area (TPSA) is 38.3 Å². The first-order valence-electron chi connectivity index (χ1n) is 6.71. The molecule has 104 valence electrons. The number of hydrogen-bond donors (Lipinski definition) is 1. The van der Waals surface area contributed by atoms with Crippen molar-refractivity contribution in [3.63, 3.8) is 0 Å². The van der Waals surface area contributed by atoms with Crippen molar-refractivity contribution < 1.29 is 9.53 Å². The third kappa shape index (κ3) is 3.85. The predicted octanol–water partition coefficient (Wildman–Crippen LogP) is 3.08. The normalized spacial score (nSPS) is 11.7. The minimum atomic E-state index is -0.514. The van der Waals surface area contributed by atoms with Crippen LogP contribution in [0.3, 0.4) is 0 Å². The molecule has 0 aliphatic carbocycles. The third-order valence-electron chi connectivity index (χ3n) is 3.08. The summed E-state index contributed by atoms with van der Waals surface area (Å²) in [5.41, 5.74) is 2.10. The van der Waals surface area contributed by atoms with Crippen LogP contribution in [0.2, 0.25) is 0 Å². The molecule has 1 amide bonds. The van der Waals surface area contributed by atoms with Crippen LogP contribution in [-0.2, 0) is 11.3 Å². The van der Waals surface area contributed by atoms with Crippen LogP contribution in [0.1, 0.15) is 18.1 Å². The number of ether oxygens (including phenoxy) is 1. The highest BCUT2D eigenvalue weighted by molar-refractivity contribution is 5.80. The van der Waals surface area contributed by atoms with Gasteiger partial charge in [-0.15, -0.1) is 0 Å². The van der Waals surface area contributed by atoms with Gasteiger partial charge in [0, 0.05) is 6.54 Å². The van der Waals surface area contributed by atoms with Crippen molar-refractivity contribution in [2.75, 3.05) is 0 Å². The first-order valence-corrected chi connectivity index (χ1v) is 6.71. The van der Waals surface area contributed by atoms with Gasteiger partial charge in [0.25, 0.3) is 5.91 Å². The highest BCUT2D eigenvalue weighted by Crippen LogP contribution is 2.17. The monoisotopic (exact) mass is 269 g/mol. The largest absolute Gasteiger partial charge is 0.481 e. The standard InChI is InChI=1S/C17H19NO2/c1-13-8-6-7-11-16(13)20-14(2)17(19)18-12-15-9-4-3-5-10-15/h3-11,14H,12H2,1-2H3,(H,18,19)/t14-/m0/s1. The Morgan fingerprint density at radius 1 is 1.10 bits per heavy atom. The van der Waals surface area contributed by atoms with E-state index in [1.165, 1.54) is 0 Å². The van der Waals surface area contributed by atoms with Crippen LogP contribution in [0.15, 0.2) is 54.6 Å². The Morgan fingerprint density at radius 3 is 2.45 bits per heavy atom. The fourth-order valence-corrected chi connectivity index (χ4v) is 1.86. The molecule has 0 saturated carbocycles. The molecule has 0 radical (unpaired) electrons. The molecule has 1 atom stereocenters. The predicted molar refractivity (Wildman–Crippen MR) is 79.6 cm³/mol. The van der Waals surface area contributed by atoms with Crippen molar-refractivity contribution in [2.24, 2.45) is 0 Å². The summed E-state index contributed by atoms with van der Waals surface area (Å²) in [5, 5.41) is 2.87. The van der Waals surface area contributed by atoms with E-state index in [2.05, 4.69) is 5.32 Å². The van der Waals surface area contributed by atoms with Crippen molar-refractivity contribution in [1.82, 2.24) is 5.32 Å². The van der Waals surface area contributed by atoms with Gasteiger partial charge >= 0.3 is 0 Å². The lowest BCUT2D eigenvalue weighted by Gasteiger charge is -2.16. The number of benzene rings is 2. The smallest absolute Gasteiger partial charge is 0.261 e. The Bertz CT molecular complexity index is 566. The lowest BCUT2D eigenvalue weighted by atomic mass is 10.2. The zero-order chi connectivity index (χ0) is 14.4. The first kappa shape index (κ1) is 14.1. The number of amides is 1. The van der Waals surface area contributed by atoms with Gasteiger partial charge in [0.05, 0.1) is 0 Å². The minimum absolute atomic E-state index is 0.114. The highest BCUT2D eigenvalue weighted by atomic mass is 16.5. The van der Waals surface area contributed by atoms with Crippen LogP contribution in [0.5, 0.6) is 5.75 Å². The molecule has 2 aromatic carbocycles. The van der Waals surface area contributed by atoms with E-state index in [0.717, 1.165) is 16.9 Å². The Labute approximate surface area is 119 Å². The van der Waals surface area contributed by atoms with Gasteiger partial charge in [-0.25, -0.2) is 0 Å². The number of aryl methyl sites for hydroxylation is 1. The molecule has 0 spiro atoms. The molecule has 0 aliphatic heterocycles. The Morgan fingerprint density at radius 2 is 1.75 bits per heavy atom. The summed E-state index contributed by atoms with van der Waals surface area (Å²) in [6.45, 7) is 4.23. The van der Waals surface area contributed by atoms with E-state index in [1.54, 1.807) is 6.92 Å². The average molecular weight is 269 g/mol. The number of nitrogens with one attached hydrogen (secondary N) is 1. The van der Waals surface area contributed by atoms with Crippen LogP contribution in [0, 0.1) is 6.92 Å². The van der Waals surface area contributed by atoms with Crippen molar-refractivity contribution in [2.45, 2.75) is 26.5 Å². The minimum Gasteiger partial charge on any atom is -0.481 e. The number of hydrogen-bond acceptors (Lipinski definition) is 2. The van der Waals surface area contributed by atoms with Crippen LogP contribution in [0.4, 0.5) is 0 Å². The zero-order valence-electron chi connectivity index (χ0n) is 11.8. The van der Waals surface area contributed by atoms with Gasteiger partial charge in [-0.05, 0) is 31.0 Å². The van der Waals surface area contributed by atoms with Crippen molar-refractivity contribution in [3.8, 4) is 5.75 Å². The molecule has 2 aromatic rings. The molecule has 3 nitrogen and oxygen atoms in total. The number of carbonyl (C=O) groups excluding carboxylic acids is 1. The van der Waals surface area contributed by atoms with Gasteiger partial charge in [-0.1, -0.05) is 48.5 Å². The van der Waals surface area contributed by atoms with Crippen molar-refractivity contribution in [3.05, 3.63) is 65.7 Å². The maximum atomic E-state index is 12.0. The van der Waals surface area contributed by atoms with E-state index in [4.69, 9.17) is 4.74 Å². The Hall–Kier alpha value is -2.29. The van der Waals surface area contributed by atoms with E-state index in [0.29, 0.717) is 6.54 Å². The number of rotatable bonds is 5. The van der Waals surface area contributed by atoms with Gasteiger partial charge in [0.15, 0.2) is 6.10 Å². The van der Waals surface area contributed by atoms with Gasteiger partial charge in [0.1, 0.15) is 5.75 Å². The van der Waals surface area contributed by atoms with Crippen LogP contribution < -0.4 is 10.1 Å². The molecule has 0 aromatic heterocycles. The number of para-hydroxylation sites is 1. The maximum Gasteiger partial charge on any atom is 0.261 e. The summed E-state index contributed by atoms with van der Waals surface area (Å²) in [7, 11) is 0. The van der Waals surface area contributed by atoms with Gasteiger partial charge < -0.3 is 10.1 Å². The summed E-state index contributed by atoms with van der Waals surface area (Å²) in [6, 6.07) is 17.5. The molecule has 0 unspecified atom stereocenters. The molecule has 0 saturated heterocycles. The zero-order valence-corrected chi connectivity index (χ0v) is 11.8. The average Bonchev–Trinajstić information content (AvgIpc) is 2.48. The van der Waals surface area contributed by atoms with Crippen LogP contribution >= 0.6 is 0 Å². The van der Waals surface area contributed by atoms with E-state index < -0.39 is 6.10 Å². The SMILES string of the molecule is Cc1ccccc1O[C@@H](C)C(=O)NCc1ccccc1. The molecule has 3 heteroatoms. The summed E-state index contributed by atoms with van der Waals surface area (Å²) < 4.78 is 5.68. The molecular formula is C17H19NO2. The second-order valence-electron chi connectivity index (χ2n) is 4.73. The molecule has 0 fully saturated rings. The quantitative estimate of drug-likeness (QED) is 0.906. The van der Waals surface area contributed by atoms with Gasteiger partial charge in [-0.3, -0.25) is 4.79 Å². The second-order valence-corrected chi connectivity index (χ2v) is 4.73. The number of carbonyl (C=O) groups is 1. The Kier molecular flexibility index (Phi) is 4.77. The molecular weight excluding hydrogens is 250 g/mol. The van der Waals surface area contributed by atoms with E-state index in [9.17, 15) is 4.79 Å². The third-order valence-corrected chi connectivity index (χ3v) is 3.08. The van der Waals surface area contributed by atoms with E-state index >= 15 is 0 Å². The lowest BCUT2D eigenvalue weighted by molar-refractivity contribution is -0.127. The van der Waals surface area contributed by atoms with Crippen molar-refractivity contribution in [1.29, 1.82) is 0 Å². The summed E-state index contributed by atoms with van der Waals surface area (Å²) in [4.78, 5) is 12.0. The summed E-state index contributed by atoms with van der Waals surface area (Å²) in [5.74, 6) is 0.631. The molecule has 2 rings (SSSR count). The van der Waals surface area contributed by atoms with Gasteiger partial charge in [-0.2, -0.15) is 0 Å². The fourth-order valence-electron chi connectivity index (χ4n) is 1.86. The molecule has 20 heavy (non-hydrogen) atoms. The lowest BCUT2D eigenvalue weighted by Crippen LogP contribution is -2.36. The fraction of sp³-hybridized carbons (Fsp3) is 0.235. The van der Waals surface area contributed by atoms with Crippen molar-refractivity contribution >= 4 is 5.91 Å². The summed E-state index contributed by atoms with van der Waals surface area (Å²) in [6.07, 6.45) is -0.514. The molecule has 0 bridgehead atoms.